The zero-order chi connectivity index (χ0) is 27.5. The third-order valence-electron chi connectivity index (χ3n) is 7.11. The van der Waals surface area contributed by atoms with Gasteiger partial charge >= 0.3 is 0 Å². The quantitative estimate of drug-likeness (QED) is 0.346. The second kappa shape index (κ2) is 11.0. The predicted molar refractivity (Wildman–Crippen MR) is 147 cm³/mol. The average molecular weight is 528 g/mol. The lowest BCUT2D eigenvalue weighted by molar-refractivity contribution is 0.0535. The number of halogens is 1. The molecule has 0 bridgehead atoms. The molecule has 0 saturated carbocycles. The van der Waals surface area contributed by atoms with Crippen LogP contribution in [0.3, 0.4) is 0 Å². The van der Waals surface area contributed by atoms with Gasteiger partial charge in [0, 0.05) is 43.0 Å². The first-order chi connectivity index (χ1) is 18.9. The normalized spacial score (nSPS) is 13.3. The van der Waals surface area contributed by atoms with Crippen LogP contribution in [-0.4, -0.2) is 66.6 Å². The molecule has 7 nitrogen and oxygen atoms in total. The number of methoxy groups -OCH3 is 2. The first-order valence-corrected chi connectivity index (χ1v) is 12.8. The summed E-state index contributed by atoms with van der Waals surface area (Å²) in [6.45, 7) is 3.45. The van der Waals surface area contributed by atoms with Gasteiger partial charge in [-0.25, -0.2) is 4.39 Å². The number of ether oxygens (including phenoxy) is 2. The lowest BCUT2D eigenvalue weighted by atomic mass is 10.1. The Balaban J connectivity index is 1.43. The Bertz CT molecular complexity index is 1520. The predicted octanol–water partition coefficient (Wildman–Crippen LogP) is 5.21. The van der Waals surface area contributed by atoms with E-state index in [2.05, 4.69) is 0 Å². The van der Waals surface area contributed by atoms with Crippen LogP contribution in [0.25, 0.3) is 16.9 Å². The molecule has 0 radical (unpaired) electrons. The van der Waals surface area contributed by atoms with Crippen LogP contribution in [-0.2, 0) is 0 Å². The molecule has 8 heteroatoms. The number of piperazine rings is 1. The summed E-state index contributed by atoms with van der Waals surface area (Å²) in [5.41, 5.74) is 3.53. The summed E-state index contributed by atoms with van der Waals surface area (Å²) < 4.78 is 27.4. The average Bonchev–Trinajstić information content (AvgIpc) is 3.33. The van der Waals surface area contributed by atoms with Crippen LogP contribution in [0.2, 0.25) is 0 Å². The van der Waals surface area contributed by atoms with E-state index in [9.17, 15) is 14.0 Å². The molecule has 0 N–H and O–H groups in total. The molecule has 1 fully saturated rings. The SMILES string of the molecule is COc1cccc(C(=O)N2CCN(C(=O)c3cc(-c4cccc(OC)c4)n(-c4ccccc4F)c3C)CC2)c1. The monoisotopic (exact) mass is 527 g/mol. The van der Waals surface area contributed by atoms with Crippen LogP contribution in [0.1, 0.15) is 26.4 Å². The number of hydrogen-bond donors (Lipinski definition) is 0. The Labute approximate surface area is 227 Å². The Morgan fingerprint density at radius 3 is 2.03 bits per heavy atom. The Kier molecular flexibility index (Phi) is 7.36. The highest BCUT2D eigenvalue weighted by molar-refractivity contribution is 5.98. The molecule has 1 aliphatic heterocycles. The number of carbonyl (C=O) groups excluding carboxylic acids is 2. The molecule has 2 amide bonds. The van der Waals surface area contributed by atoms with Gasteiger partial charge in [-0.1, -0.05) is 30.3 Å². The molecule has 0 spiro atoms. The smallest absolute Gasteiger partial charge is 0.255 e. The molecule has 2 heterocycles. The zero-order valence-electron chi connectivity index (χ0n) is 22.2. The van der Waals surface area contributed by atoms with Gasteiger partial charge < -0.3 is 23.8 Å². The molecule has 5 rings (SSSR count). The van der Waals surface area contributed by atoms with Crippen molar-refractivity contribution in [2.24, 2.45) is 0 Å². The van der Waals surface area contributed by atoms with Crippen LogP contribution in [0, 0.1) is 12.7 Å². The van der Waals surface area contributed by atoms with E-state index in [-0.39, 0.29) is 17.6 Å². The van der Waals surface area contributed by atoms with Gasteiger partial charge in [-0.2, -0.15) is 0 Å². The van der Waals surface area contributed by atoms with E-state index >= 15 is 0 Å². The number of nitrogens with zero attached hydrogens (tertiary/aromatic N) is 3. The van der Waals surface area contributed by atoms with Crippen molar-refractivity contribution in [2.75, 3.05) is 40.4 Å². The lowest BCUT2D eigenvalue weighted by Gasteiger charge is -2.35. The van der Waals surface area contributed by atoms with Crippen molar-refractivity contribution in [1.82, 2.24) is 14.4 Å². The summed E-state index contributed by atoms with van der Waals surface area (Å²) in [6.07, 6.45) is 0. The van der Waals surface area contributed by atoms with E-state index in [1.165, 1.54) is 6.07 Å². The van der Waals surface area contributed by atoms with Crippen molar-refractivity contribution in [3.8, 4) is 28.4 Å². The minimum Gasteiger partial charge on any atom is -0.497 e. The summed E-state index contributed by atoms with van der Waals surface area (Å²) in [5.74, 6) is 0.653. The van der Waals surface area contributed by atoms with E-state index < -0.39 is 0 Å². The molecular formula is C31H30FN3O4. The summed E-state index contributed by atoms with van der Waals surface area (Å²) in [7, 11) is 3.16. The van der Waals surface area contributed by atoms with Gasteiger partial charge in [-0.3, -0.25) is 9.59 Å². The highest BCUT2D eigenvalue weighted by Gasteiger charge is 2.29. The number of rotatable bonds is 6. The fourth-order valence-electron chi connectivity index (χ4n) is 4.98. The maximum Gasteiger partial charge on any atom is 0.255 e. The van der Waals surface area contributed by atoms with Crippen molar-refractivity contribution in [2.45, 2.75) is 6.92 Å². The Morgan fingerprint density at radius 2 is 1.36 bits per heavy atom. The van der Waals surface area contributed by atoms with Crippen molar-refractivity contribution < 1.29 is 23.5 Å². The number of carbonyl (C=O) groups is 2. The van der Waals surface area contributed by atoms with E-state index in [0.717, 1.165) is 5.56 Å². The maximum atomic E-state index is 15.0. The van der Waals surface area contributed by atoms with Crippen LogP contribution >= 0.6 is 0 Å². The van der Waals surface area contributed by atoms with Gasteiger partial charge in [0.2, 0.25) is 0 Å². The molecule has 1 saturated heterocycles. The van der Waals surface area contributed by atoms with Crippen LogP contribution in [0.4, 0.5) is 4.39 Å². The third-order valence-corrected chi connectivity index (χ3v) is 7.11. The van der Waals surface area contributed by atoms with E-state index in [0.29, 0.717) is 65.9 Å². The van der Waals surface area contributed by atoms with Gasteiger partial charge in [-0.05, 0) is 55.5 Å². The van der Waals surface area contributed by atoms with Crippen LogP contribution in [0.15, 0.2) is 78.9 Å². The lowest BCUT2D eigenvalue weighted by Crippen LogP contribution is -2.50. The fraction of sp³-hybridized carbons (Fsp3) is 0.226. The number of aromatic nitrogens is 1. The summed E-state index contributed by atoms with van der Waals surface area (Å²) >= 11 is 0. The molecule has 0 atom stereocenters. The molecule has 4 aromatic rings. The summed E-state index contributed by atoms with van der Waals surface area (Å²) in [6, 6.07) is 22.9. The Hall–Kier alpha value is -4.59. The molecular weight excluding hydrogens is 497 g/mol. The first-order valence-electron chi connectivity index (χ1n) is 12.8. The number of para-hydroxylation sites is 1. The number of amides is 2. The van der Waals surface area contributed by atoms with Gasteiger partial charge in [0.1, 0.15) is 17.3 Å². The van der Waals surface area contributed by atoms with Crippen molar-refractivity contribution in [3.63, 3.8) is 0 Å². The largest absolute Gasteiger partial charge is 0.497 e. The van der Waals surface area contributed by atoms with E-state index in [1.807, 2.05) is 37.3 Å². The summed E-state index contributed by atoms with van der Waals surface area (Å²) in [4.78, 5) is 30.3. The van der Waals surface area contributed by atoms with Crippen LogP contribution < -0.4 is 9.47 Å². The minimum atomic E-state index is -0.385. The first kappa shape index (κ1) is 26.0. The van der Waals surface area contributed by atoms with Crippen molar-refractivity contribution in [1.29, 1.82) is 0 Å². The standard InChI is InChI=1S/C31H30FN3O4/c1-21-26(31(37)34-16-14-33(15-17-34)30(36)23-9-7-11-25(19-23)39-3)20-29(22-8-6-10-24(18-22)38-2)35(21)28-13-5-4-12-27(28)32/h4-13,18-20H,14-17H2,1-3H3. The topological polar surface area (TPSA) is 64.0 Å². The molecule has 0 unspecified atom stereocenters. The molecule has 0 aliphatic carbocycles. The fourth-order valence-corrected chi connectivity index (χ4v) is 4.98. The van der Waals surface area contributed by atoms with Crippen molar-refractivity contribution in [3.05, 3.63) is 102 Å². The molecule has 1 aliphatic rings. The minimum absolute atomic E-state index is 0.0943. The van der Waals surface area contributed by atoms with Crippen molar-refractivity contribution >= 4 is 11.8 Å². The molecule has 200 valence electrons. The zero-order valence-corrected chi connectivity index (χ0v) is 22.2. The molecule has 39 heavy (non-hydrogen) atoms. The maximum absolute atomic E-state index is 15.0. The number of benzene rings is 3. The van der Waals surface area contributed by atoms with Gasteiger partial charge in [0.15, 0.2) is 0 Å². The molecule has 3 aromatic carbocycles. The third kappa shape index (κ3) is 5.10. The second-order valence-electron chi connectivity index (χ2n) is 9.36. The summed E-state index contributed by atoms with van der Waals surface area (Å²) in [5, 5.41) is 0. The van der Waals surface area contributed by atoms with E-state index in [1.54, 1.807) is 71.1 Å². The highest BCUT2D eigenvalue weighted by Crippen LogP contribution is 2.33. The Morgan fingerprint density at radius 1 is 0.744 bits per heavy atom. The molecule has 1 aromatic heterocycles. The van der Waals surface area contributed by atoms with Gasteiger partial charge in [-0.15, -0.1) is 0 Å². The van der Waals surface area contributed by atoms with Gasteiger partial charge in [0.25, 0.3) is 11.8 Å². The highest BCUT2D eigenvalue weighted by atomic mass is 19.1. The van der Waals surface area contributed by atoms with Crippen LogP contribution in [0.5, 0.6) is 11.5 Å². The number of hydrogen-bond acceptors (Lipinski definition) is 4. The van der Waals surface area contributed by atoms with E-state index in [4.69, 9.17) is 9.47 Å². The van der Waals surface area contributed by atoms with Gasteiger partial charge in [0.05, 0.1) is 31.2 Å². The second-order valence-corrected chi connectivity index (χ2v) is 9.36.